The molecule has 0 aliphatic carbocycles. The van der Waals surface area contributed by atoms with Crippen LogP contribution in [0.15, 0.2) is 76.6 Å². The number of fused-ring (bicyclic) bond motifs is 1. The van der Waals surface area contributed by atoms with Crippen LogP contribution in [0.3, 0.4) is 0 Å². The molecule has 0 radical (unpaired) electrons. The monoisotopic (exact) mass is 436 g/mol. The standard InChI is InChI=1S/C27H24N4O2/c1-16-10-19(11-17(2)28-16)24-12-21-23(15-31(4)27(33)26(21)29-24)20-13-25(32)30(3)14-22(20)18-8-6-5-7-9-18/h5-15,29H,1-4H3. The Labute approximate surface area is 190 Å². The van der Waals surface area contributed by atoms with Crippen molar-refractivity contribution in [3.63, 3.8) is 0 Å². The summed E-state index contributed by atoms with van der Waals surface area (Å²) in [4.78, 5) is 33.5. The highest BCUT2D eigenvalue weighted by Crippen LogP contribution is 2.36. The van der Waals surface area contributed by atoms with Crippen molar-refractivity contribution in [3.05, 3.63) is 99.1 Å². The minimum absolute atomic E-state index is 0.108. The maximum absolute atomic E-state index is 13.0. The van der Waals surface area contributed by atoms with Crippen LogP contribution < -0.4 is 11.1 Å². The normalized spacial score (nSPS) is 11.3. The summed E-state index contributed by atoms with van der Waals surface area (Å²) in [5, 5.41) is 0.783. The summed E-state index contributed by atoms with van der Waals surface area (Å²) in [6, 6.07) is 17.6. The van der Waals surface area contributed by atoms with E-state index in [0.29, 0.717) is 5.52 Å². The Balaban J connectivity index is 1.84. The Bertz CT molecular complexity index is 1620. The van der Waals surface area contributed by atoms with Crippen molar-refractivity contribution in [2.24, 2.45) is 14.1 Å². The summed E-state index contributed by atoms with van der Waals surface area (Å²) in [6.45, 7) is 3.91. The molecule has 4 aromatic heterocycles. The van der Waals surface area contributed by atoms with Gasteiger partial charge in [0, 0.05) is 71.7 Å². The lowest BCUT2D eigenvalue weighted by Crippen LogP contribution is -2.18. The average Bonchev–Trinajstić information content (AvgIpc) is 3.24. The van der Waals surface area contributed by atoms with Gasteiger partial charge in [-0.25, -0.2) is 0 Å². The molecule has 6 nitrogen and oxygen atoms in total. The fourth-order valence-electron chi connectivity index (χ4n) is 4.39. The fourth-order valence-corrected chi connectivity index (χ4v) is 4.39. The minimum Gasteiger partial charge on any atom is -0.350 e. The first kappa shape index (κ1) is 20.7. The summed E-state index contributed by atoms with van der Waals surface area (Å²) < 4.78 is 3.14. The highest BCUT2D eigenvalue weighted by Gasteiger charge is 2.18. The number of hydrogen-bond acceptors (Lipinski definition) is 3. The van der Waals surface area contributed by atoms with Crippen molar-refractivity contribution >= 4 is 10.9 Å². The van der Waals surface area contributed by atoms with Gasteiger partial charge in [0.1, 0.15) is 5.52 Å². The number of aromatic amines is 1. The molecule has 0 spiro atoms. The molecule has 1 N–H and O–H groups in total. The molecule has 1 aromatic carbocycles. The third-order valence-electron chi connectivity index (χ3n) is 5.96. The molecule has 0 fully saturated rings. The van der Waals surface area contributed by atoms with Crippen LogP contribution in [-0.4, -0.2) is 19.1 Å². The highest BCUT2D eigenvalue weighted by molar-refractivity contribution is 6.00. The number of H-pyrrole nitrogens is 1. The summed E-state index contributed by atoms with van der Waals surface area (Å²) >= 11 is 0. The first-order chi connectivity index (χ1) is 15.8. The van der Waals surface area contributed by atoms with Crippen molar-refractivity contribution in [3.8, 4) is 33.5 Å². The van der Waals surface area contributed by atoms with Crippen molar-refractivity contribution in [1.29, 1.82) is 0 Å². The van der Waals surface area contributed by atoms with E-state index in [1.54, 1.807) is 29.3 Å². The number of benzene rings is 1. The molecule has 5 aromatic rings. The van der Waals surface area contributed by atoms with E-state index in [1.165, 1.54) is 0 Å². The van der Waals surface area contributed by atoms with Crippen LogP contribution in [0.2, 0.25) is 0 Å². The first-order valence-electron chi connectivity index (χ1n) is 10.8. The van der Waals surface area contributed by atoms with Gasteiger partial charge >= 0.3 is 0 Å². The maximum atomic E-state index is 13.0. The van der Waals surface area contributed by atoms with E-state index < -0.39 is 0 Å². The predicted molar refractivity (Wildman–Crippen MR) is 132 cm³/mol. The topological polar surface area (TPSA) is 72.7 Å². The van der Waals surface area contributed by atoms with E-state index in [4.69, 9.17) is 0 Å². The third-order valence-corrected chi connectivity index (χ3v) is 5.96. The Hall–Kier alpha value is -4.19. The summed E-state index contributed by atoms with van der Waals surface area (Å²) in [7, 11) is 3.48. The molecule has 0 saturated carbocycles. The third kappa shape index (κ3) is 3.59. The quantitative estimate of drug-likeness (QED) is 0.450. The molecule has 4 heterocycles. The van der Waals surface area contributed by atoms with Crippen LogP contribution in [-0.2, 0) is 14.1 Å². The number of nitrogens with one attached hydrogen (secondary N) is 1. The summed E-state index contributed by atoms with van der Waals surface area (Å²) in [6.07, 6.45) is 3.67. The SMILES string of the molecule is Cc1cc(-c2cc3c(-c4cc(=O)n(C)cc4-c4ccccc4)cn(C)c(=O)c3[nH]2)cc(C)n1. The van der Waals surface area contributed by atoms with Crippen LogP contribution in [0.4, 0.5) is 0 Å². The van der Waals surface area contributed by atoms with Crippen LogP contribution in [0.1, 0.15) is 11.4 Å². The second-order valence-corrected chi connectivity index (χ2v) is 8.49. The molecule has 0 saturated heterocycles. The van der Waals surface area contributed by atoms with Gasteiger partial charge in [0.25, 0.3) is 11.1 Å². The lowest BCUT2D eigenvalue weighted by Gasteiger charge is -2.14. The minimum atomic E-state index is -0.118. The van der Waals surface area contributed by atoms with E-state index in [0.717, 1.165) is 50.3 Å². The van der Waals surface area contributed by atoms with E-state index in [2.05, 4.69) is 9.97 Å². The van der Waals surface area contributed by atoms with Gasteiger partial charge in [0.05, 0.1) is 0 Å². The van der Waals surface area contributed by atoms with Gasteiger partial charge in [0.15, 0.2) is 0 Å². The average molecular weight is 437 g/mol. The molecule has 5 rings (SSSR count). The van der Waals surface area contributed by atoms with Crippen molar-refractivity contribution in [1.82, 2.24) is 19.1 Å². The number of aromatic nitrogens is 4. The van der Waals surface area contributed by atoms with Crippen LogP contribution in [0, 0.1) is 13.8 Å². The van der Waals surface area contributed by atoms with Gasteiger partial charge in [-0.1, -0.05) is 30.3 Å². The molecule has 0 atom stereocenters. The number of rotatable bonds is 3. The zero-order valence-corrected chi connectivity index (χ0v) is 19.0. The second kappa shape index (κ2) is 7.74. The number of aryl methyl sites for hydroxylation is 4. The number of pyridine rings is 3. The Morgan fingerprint density at radius 3 is 2.12 bits per heavy atom. The zero-order chi connectivity index (χ0) is 23.3. The summed E-state index contributed by atoms with van der Waals surface area (Å²) in [5.74, 6) is 0. The Kier molecular flexibility index (Phi) is 4.86. The van der Waals surface area contributed by atoms with Gasteiger partial charge in [-0.15, -0.1) is 0 Å². The van der Waals surface area contributed by atoms with Crippen molar-refractivity contribution < 1.29 is 0 Å². The van der Waals surface area contributed by atoms with E-state index >= 15 is 0 Å². The van der Waals surface area contributed by atoms with E-state index in [-0.39, 0.29) is 11.1 Å². The number of hydrogen-bond donors (Lipinski definition) is 1. The molecule has 6 heteroatoms. The Morgan fingerprint density at radius 1 is 0.758 bits per heavy atom. The van der Waals surface area contributed by atoms with Gasteiger partial charge < -0.3 is 14.1 Å². The summed E-state index contributed by atoms with van der Waals surface area (Å²) in [5.41, 5.74) is 7.46. The lowest BCUT2D eigenvalue weighted by molar-refractivity contribution is 0.860. The van der Waals surface area contributed by atoms with Gasteiger partial charge in [-0.3, -0.25) is 14.6 Å². The lowest BCUT2D eigenvalue weighted by atomic mass is 9.95. The molecule has 0 bridgehead atoms. The molecular formula is C27H24N4O2. The first-order valence-corrected chi connectivity index (χ1v) is 10.8. The molecular weight excluding hydrogens is 412 g/mol. The molecule has 33 heavy (non-hydrogen) atoms. The van der Waals surface area contributed by atoms with E-state index in [1.807, 2.05) is 74.8 Å². The molecule has 0 unspecified atom stereocenters. The van der Waals surface area contributed by atoms with Crippen molar-refractivity contribution in [2.45, 2.75) is 13.8 Å². The zero-order valence-electron chi connectivity index (χ0n) is 19.0. The molecule has 164 valence electrons. The molecule has 0 amide bonds. The van der Waals surface area contributed by atoms with E-state index in [9.17, 15) is 9.59 Å². The van der Waals surface area contributed by atoms with Crippen molar-refractivity contribution in [2.75, 3.05) is 0 Å². The fraction of sp³-hybridized carbons (Fsp3) is 0.148. The van der Waals surface area contributed by atoms with Crippen LogP contribution in [0.5, 0.6) is 0 Å². The molecule has 0 aliphatic rings. The Morgan fingerprint density at radius 2 is 1.42 bits per heavy atom. The van der Waals surface area contributed by atoms with Crippen LogP contribution >= 0.6 is 0 Å². The van der Waals surface area contributed by atoms with Crippen LogP contribution in [0.25, 0.3) is 44.4 Å². The largest absolute Gasteiger partial charge is 0.350 e. The van der Waals surface area contributed by atoms with Gasteiger partial charge in [-0.2, -0.15) is 0 Å². The highest BCUT2D eigenvalue weighted by atomic mass is 16.1. The smallest absolute Gasteiger partial charge is 0.274 e. The second-order valence-electron chi connectivity index (χ2n) is 8.49. The molecule has 0 aliphatic heterocycles. The van der Waals surface area contributed by atoms with Gasteiger partial charge in [-0.05, 0) is 43.2 Å². The maximum Gasteiger partial charge on any atom is 0.274 e. The van der Waals surface area contributed by atoms with Gasteiger partial charge in [0.2, 0.25) is 0 Å². The number of nitrogens with zero attached hydrogens (tertiary/aromatic N) is 3. The predicted octanol–water partition coefficient (Wildman–Crippen LogP) is 4.58.